The molecule has 0 radical (unpaired) electrons. The molecular weight excluding hydrogens is 464 g/mol. The Morgan fingerprint density at radius 2 is 1.89 bits per heavy atom. The highest BCUT2D eigenvalue weighted by molar-refractivity contribution is 5.90. The van der Waals surface area contributed by atoms with E-state index in [-0.39, 0.29) is 18.0 Å². The number of ether oxygens (including phenoxy) is 1. The van der Waals surface area contributed by atoms with E-state index in [1.807, 2.05) is 37.3 Å². The molecule has 1 aromatic heterocycles. The van der Waals surface area contributed by atoms with Gasteiger partial charge in [-0.15, -0.1) is 0 Å². The highest BCUT2D eigenvalue weighted by Gasteiger charge is 2.36. The lowest BCUT2D eigenvalue weighted by Crippen LogP contribution is -2.42. The van der Waals surface area contributed by atoms with Gasteiger partial charge in [0, 0.05) is 44.1 Å². The number of hydrogen-bond donors (Lipinski definition) is 2. The number of nitrogens with zero attached hydrogens (tertiary/aromatic N) is 3. The third-order valence-corrected chi connectivity index (χ3v) is 7.05. The van der Waals surface area contributed by atoms with Crippen molar-refractivity contribution in [3.63, 3.8) is 0 Å². The number of benzene rings is 2. The SMILES string of the molecule is COCCN1CC(NC(=O)Nc2c(C)c(C3CC3)nn2-c2ccccc2)C(c2ccc(F)c(F)c2)C1. The molecule has 9 heteroatoms. The Kier molecular flexibility index (Phi) is 7.02. The normalized spacial score (nSPS) is 20.0. The van der Waals surface area contributed by atoms with E-state index in [0.717, 1.165) is 35.9 Å². The number of halogens is 2. The van der Waals surface area contributed by atoms with E-state index >= 15 is 0 Å². The zero-order chi connectivity index (χ0) is 25.2. The van der Waals surface area contributed by atoms with Crippen LogP contribution in [0.15, 0.2) is 48.5 Å². The molecule has 2 amide bonds. The Morgan fingerprint density at radius 1 is 1.11 bits per heavy atom. The first kappa shape index (κ1) is 24.4. The van der Waals surface area contributed by atoms with Gasteiger partial charge in [0.1, 0.15) is 5.82 Å². The Bertz CT molecular complexity index is 1230. The van der Waals surface area contributed by atoms with Crippen LogP contribution in [-0.4, -0.2) is 60.1 Å². The maximum atomic E-state index is 14.0. The van der Waals surface area contributed by atoms with E-state index in [0.29, 0.717) is 43.5 Å². The summed E-state index contributed by atoms with van der Waals surface area (Å²) in [6.45, 7) is 4.39. The Hall–Kier alpha value is -3.30. The van der Waals surface area contributed by atoms with Crippen molar-refractivity contribution in [3.05, 3.63) is 77.0 Å². The minimum atomic E-state index is -0.888. The van der Waals surface area contributed by atoms with Crippen LogP contribution in [0.25, 0.3) is 5.69 Å². The van der Waals surface area contributed by atoms with E-state index in [4.69, 9.17) is 9.84 Å². The Balaban J connectivity index is 1.37. The fraction of sp³-hybridized carbons (Fsp3) is 0.407. The second kappa shape index (κ2) is 10.4. The van der Waals surface area contributed by atoms with Gasteiger partial charge in [0.2, 0.25) is 0 Å². The molecule has 2 heterocycles. The summed E-state index contributed by atoms with van der Waals surface area (Å²) in [5.41, 5.74) is 3.50. The fourth-order valence-corrected chi connectivity index (χ4v) is 4.99. The number of carbonyl (C=O) groups is 1. The molecule has 36 heavy (non-hydrogen) atoms. The van der Waals surface area contributed by atoms with Crippen LogP contribution in [0.4, 0.5) is 19.4 Å². The predicted octanol–water partition coefficient (Wildman–Crippen LogP) is 4.57. The highest BCUT2D eigenvalue weighted by Crippen LogP contribution is 2.43. The molecule has 3 aromatic rings. The monoisotopic (exact) mass is 495 g/mol. The summed E-state index contributed by atoms with van der Waals surface area (Å²) in [4.78, 5) is 15.4. The molecule has 1 aliphatic heterocycles. The Labute approximate surface area is 209 Å². The topological polar surface area (TPSA) is 71.4 Å². The third kappa shape index (κ3) is 5.12. The minimum absolute atomic E-state index is 0.190. The van der Waals surface area contributed by atoms with Crippen LogP contribution in [-0.2, 0) is 4.74 Å². The quantitative estimate of drug-likeness (QED) is 0.480. The third-order valence-electron chi connectivity index (χ3n) is 7.05. The summed E-state index contributed by atoms with van der Waals surface area (Å²) >= 11 is 0. The molecule has 5 rings (SSSR count). The van der Waals surface area contributed by atoms with E-state index in [2.05, 4.69) is 15.5 Å². The van der Waals surface area contributed by atoms with Gasteiger partial charge in [0.15, 0.2) is 11.6 Å². The molecule has 2 fully saturated rings. The first-order valence-electron chi connectivity index (χ1n) is 12.3. The van der Waals surface area contributed by atoms with Crippen molar-refractivity contribution >= 4 is 11.8 Å². The number of urea groups is 1. The van der Waals surface area contributed by atoms with Crippen molar-refractivity contribution in [1.29, 1.82) is 0 Å². The van der Waals surface area contributed by atoms with E-state index < -0.39 is 11.6 Å². The molecule has 7 nitrogen and oxygen atoms in total. The van der Waals surface area contributed by atoms with Crippen LogP contribution in [0.1, 0.15) is 41.5 Å². The largest absolute Gasteiger partial charge is 0.383 e. The van der Waals surface area contributed by atoms with Gasteiger partial charge in [0.05, 0.1) is 24.0 Å². The molecule has 0 bridgehead atoms. The predicted molar refractivity (Wildman–Crippen MR) is 134 cm³/mol. The molecule has 0 spiro atoms. The van der Waals surface area contributed by atoms with E-state index in [9.17, 15) is 13.6 Å². The van der Waals surface area contributed by atoms with Gasteiger partial charge in [-0.25, -0.2) is 18.3 Å². The van der Waals surface area contributed by atoms with Crippen molar-refractivity contribution in [2.24, 2.45) is 0 Å². The smallest absolute Gasteiger partial charge is 0.320 e. The zero-order valence-electron chi connectivity index (χ0n) is 20.5. The molecule has 2 N–H and O–H groups in total. The van der Waals surface area contributed by atoms with Crippen LogP contribution < -0.4 is 10.6 Å². The van der Waals surface area contributed by atoms with Crippen molar-refractivity contribution in [2.45, 2.75) is 37.6 Å². The number of aromatic nitrogens is 2. The van der Waals surface area contributed by atoms with Crippen molar-refractivity contribution < 1.29 is 18.3 Å². The molecule has 2 aliphatic rings. The highest BCUT2D eigenvalue weighted by atomic mass is 19.2. The first-order valence-corrected chi connectivity index (χ1v) is 12.3. The fourth-order valence-electron chi connectivity index (χ4n) is 4.99. The molecule has 190 valence electrons. The standard InChI is InChI=1S/C27H31F2N5O2/c1-17-25(18-8-9-18)32-34(20-6-4-3-5-7-20)26(17)31-27(35)30-24-16-33(12-13-36-2)15-21(24)19-10-11-22(28)23(29)14-19/h3-7,10-11,14,18,21,24H,8-9,12-13,15-16H2,1-2H3,(H2,30,31,35). The van der Waals surface area contributed by atoms with E-state index in [1.54, 1.807) is 17.9 Å². The van der Waals surface area contributed by atoms with Crippen molar-refractivity contribution in [3.8, 4) is 5.69 Å². The number of amides is 2. The second-order valence-electron chi connectivity index (χ2n) is 9.62. The molecule has 1 saturated heterocycles. The van der Waals surface area contributed by atoms with Crippen LogP contribution in [0.5, 0.6) is 0 Å². The lowest BCUT2D eigenvalue weighted by atomic mass is 9.94. The second-order valence-corrected chi connectivity index (χ2v) is 9.62. The Morgan fingerprint density at radius 3 is 2.58 bits per heavy atom. The number of carbonyl (C=O) groups excluding carboxylic acids is 1. The van der Waals surface area contributed by atoms with Gasteiger partial charge >= 0.3 is 6.03 Å². The number of rotatable bonds is 8. The van der Waals surface area contributed by atoms with Gasteiger partial charge in [-0.2, -0.15) is 5.10 Å². The molecule has 2 atom stereocenters. The lowest BCUT2D eigenvalue weighted by Gasteiger charge is -2.21. The summed E-state index contributed by atoms with van der Waals surface area (Å²) in [6.07, 6.45) is 2.21. The summed E-state index contributed by atoms with van der Waals surface area (Å²) in [7, 11) is 1.64. The summed E-state index contributed by atoms with van der Waals surface area (Å²) < 4.78 is 34.6. The molecule has 2 unspecified atom stereocenters. The zero-order valence-corrected chi connectivity index (χ0v) is 20.5. The maximum Gasteiger partial charge on any atom is 0.320 e. The minimum Gasteiger partial charge on any atom is -0.383 e. The molecule has 1 saturated carbocycles. The van der Waals surface area contributed by atoms with Gasteiger partial charge in [-0.05, 0) is 49.6 Å². The van der Waals surface area contributed by atoms with Crippen LogP contribution >= 0.6 is 0 Å². The number of nitrogens with one attached hydrogen (secondary N) is 2. The van der Waals surface area contributed by atoms with Gasteiger partial charge in [-0.1, -0.05) is 24.3 Å². The number of para-hydroxylation sites is 1. The number of anilines is 1. The molecule has 2 aromatic carbocycles. The van der Waals surface area contributed by atoms with Crippen LogP contribution in [0.2, 0.25) is 0 Å². The molecular formula is C27H31F2N5O2. The van der Waals surface area contributed by atoms with Gasteiger partial charge in [-0.3, -0.25) is 10.2 Å². The van der Waals surface area contributed by atoms with Crippen LogP contribution in [0.3, 0.4) is 0 Å². The number of methoxy groups -OCH3 is 1. The van der Waals surface area contributed by atoms with Crippen molar-refractivity contribution in [1.82, 2.24) is 20.0 Å². The summed E-state index contributed by atoms with van der Waals surface area (Å²) in [6, 6.07) is 13.0. The number of hydrogen-bond acceptors (Lipinski definition) is 4. The summed E-state index contributed by atoms with van der Waals surface area (Å²) in [5, 5.41) is 10.9. The van der Waals surface area contributed by atoms with Crippen LogP contribution in [0, 0.1) is 18.6 Å². The van der Waals surface area contributed by atoms with Gasteiger partial charge < -0.3 is 10.1 Å². The lowest BCUT2D eigenvalue weighted by molar-refractivity contribution is 0.159. The summed E-state index contributed by atoms with van der Waals surface area (Å²) in [5.74, 6) is -0.892. The molecule has 1 aliphatic carbocycles. The van der Waals surface area contributed by atoms with E-state index in [1.165, 1.54) is 6.07 Å². The van der Waals surface area contributed by atoms with Crippen molar-refractivity contribution in [2.75, 3.05) is 38.7 Å². The average Bonchev–Trinajstić information content (AvgIpc) is 3.57. The first-order chi connectivity index (χ1) is 17.4. The maximum absolute atomic E-state index is 14.0. The van der Waals surface area contributed by atoms with Gasteiger partial charge in [0.25, 0.3) is 0 Å². The average molecular weight is 496 g/mol. The number of likely N-dealkylation sites (tertiary alicyclic amines) is 1.